The maximum atomic E-state index is 4.98. The maximum absolute atomic E-state index is 4.98. The van der Waals surface area contributed by atoms with Gasteiger partial charge < -0.3 is 10.2 Å². The molecule has 3 nitrogen and oxygen atoms in total. The average molecular weight is 279 g/mol. The summed E-state index contributed by atoms with van der Waals surface area (Å²) in [6.07, 6.45) is 5.53. The Morgan fingerprint density at radius 2 is 2.05 bits per heavy atom. The van der Waals surface area contributed by atoms with Crippen molar-refractivity contribution in [3.05, 3.63) is 10.6 Å². The van der Waals surface area contributed by atoms with Crippen molar-refractivity contribution in [3.63, 3.8) is 0 Å². The Hall–Kier alpha value is -0.610. The molecule has 1 N–H and O–H groups in total. The summed E-state index contributed by atoms with van der Waals surface area (Å²) < 4.78 is 0. The second-order valence-corrected chi connectivity index (χ2v) is 6.90. The Kier molecular flexibility index (Phi) is 4.08. The van der Waals surface area contributed by atoms with Crippen molar-refractivity contribution in [2.45, 2.75) is 52.0 Å². The van der Waals surface area contributed by atoms with Gasteiger partial charge >= 0.3 is 0 Å². The van der Waals surface area contributed by atoms with Gasteiger partial charge in [-0.05, 0) is 45.1 Å². The van der Waals surface area contributed by atoms with Gasteiger partial charge in [-0.1, -0.05) is 6.92 Å². The SMILES string of the molecule is CCNCc1sc(N(CC)CC2CC2)nc1C1CC1. The highest BCUT2D eigenvalue weighted by Gasteiger charge is 2.31. The smallest absolute Gasteiger partial charge is 0.185 e. The van der Waals surface area contributed by atoms with Gasteiger partial charge in [0.15, 0.2) is 5.13 Å². The van der Waals surface area contributed by atoms with Crippen molar-refractivity contribution in [1.29, 1.82) is 0 Å². The fraction of sp³-hybridized carbons (Fsp3) is 0.800. The Labute approximate surface area is 120 Å². The zero-order valence-corrected chi connectivity index (χ0v) is 12.9. The highest BCUT2D eigenvalue weighted by Crippen LogP contribution is 2.44. The van der Waals surface area contributed by atoms with Crippen LogP contribution in [0, 0.1) is 5.92 Å². The molecule has 0 unspecified atom stereocenters. The summed E-state index contributed by atoms with van der Waals surface area (Å²) in [6.45, 7) is 8.77. The summed E-state index contributed by atoms with van der Waals surface area (Å²) in [7, 11) is 0. The van der Waals surface area contributed by atoms with Crippen LogP contribution in [0.25, 0.3) is 0 Å². The van der Waals surface area contributed by atoms with Crippen LogP contribution in [0.5, 0.6) is 0 Å². The molecule has 1 aromatic heterocycles. The average Bonchev–Trinajstić information content (AvgIpc) is 3.33. The molecule has 0 saturated heterocycles. The van der Waals surface area contributed by atoms with Crippen LogP contribution in [0.4, 0.5) is 5.13 Å². The molecule has 0 aromatic carbocycles. The monoisotopic (exact) mass is 279 g/mol. The lowest BCUT2D eigenvalue weighted by Gasteiger charge is -2.19. The fourth-order valence-corrected chi connectivity index (χ4v) is 3.67. The zero-order valence-electron chi connectivity index (χ0n) is 12.1. The van der Waals surface area contributed by atoms with E-state index in [-0.39, 0.29) is 0 Å². The van der Waals surface area contributed by atoms with Crippen molar-refractivity contribution in [2.24, 2.45) is 5.92 Å². The first-order valence-corrected chi connectivity index (χ1v) is 8.58. The Morgan fingerprint density at radius 1 is 1.26 bits per heavy atom. The number of thiazole rings is 1. The predicted octanol–water partition coefficient (Wildman–Crippen LogP) is 3.37. The van der Waals surface area contributed by atoms with Gasteiger partial charge in [-0.3, -0.25) is 0 Å². The minimum absolute atomic E-state index is 0.762. The summed E-state index contributed by atoms with van der Waals surface area (Å²) in [5.41, 5.74) is 1.40. The van der Waals surface area contributed by atoms with Crippen LogP contribution in [-0.4, -0.2) is 24.6 Å². The van der Waals surface area contributed by atoms with Gasteiger partial charge in [0.1, 0.15) is 0 Å². The molecule has 0 radical (unpaired) electrons. The van der Waals surface area contributed by atoms with Gasteiger partial charge in [0.2, 0.25) is 0 Å². The number of hydrogen-bond donors (Lipinski definition) is 1. The van der Waals surface area contributed by atoms with Gasteiger partial charge in [0.05, 0.1) is 5.69 Å². The summed E-state index contributed by atoms with van der Waals surface area (Å²) in [5, 5.41) is 4.73. The molecule has 4 heteroatoms. The molecule has 2 aliphatic carbocycles. The van der Waals surface area contributed by atoms with Gasteiger partial charge in [0, 0.05) is 30.4 Å². The number of anilines is 1. The number of rotatable bonds is 8. The van der Waals surface area contributed by atoms with Crippen molar-refractivity contribution >= 4 is 16.5 Å². The zero-order chi connectivity index (χ0) is 13.2. The molecule has 0 spiro atoms. The molecule has 1 aromatic rings. The summed E-state index contributed by atoms with van der Waals surface area (Å²) in [6, 6.07) is 0. The summed E-state index contributed by atoms with van der Waals surface area (Å²) in [4.78, 5) is 8.95. The first kappa shape index (κ1) is 13.4. The number of nitrogens with zero attached hydrogens (tertiary/aromatic N) is 2. The first-order chi connectivity index (χ1) is 9.31. The molecular weight excluding hydrogens is 254 g/mol. The topological polar surface area (TPSA) is 28.2 Å². The lowest BCUT2D eigenvalue weighted by molar-refractivity contribution is 0.724. The molecule has 0 aliphatic heterocycles. The van der Waals surface area contributed by atoms with E-state index >= 15 is 0 Å². The van der Waals surface area contributed by atoms with Crippen LogP contribution in [0.2, 0.25) is 0 Å². The molecule has 0 atom stereocenters. The minimum atomic E-state index is 0.762. The second kappa shape index (κ2) is 5.80. The summed E-state index contributed by atoms with van der Waals surface area (Å²) in [5.74, 6) is 1.70. The number of aromatic nitrogens is 1. The molecule has 2 saturated carbocycles. The van der Waals surface area contributed by atoms with Crippen LogP contribution >= 0.6 is 11.3 Å². The van der Waals surface area contributed by atoms with E-state index in [4.69, 9.17) is 4.98 Å². The molecular formula is C15H25N3S. The maximum Gasteiger partial charge on any atom is 0.185 e. The third-order valence-electron chi connectivity index (χ3n) is 4.04. The highest BCUT2D eigenvalue weighted by atomic mass is 32.1. The molecule has 0 amide bonds. The van der Waals surface area contributed by atoms with Crippen molar-refractivity contribution < 1.29 is 0 Å². The number of hydrogen-bond acceptors (Lipinski definition) is 4. The van der Waals surface area contributed by atoms with E-state index in [0.717, 1.165) is 31.5 Å². The van der Waals surface area contributed by atoms with Crippen LogP contribution in [0.15, 0.2) is 0 Å². The normalized spacial score (nSPS) is 18.8. The molecule has 0 bridgehead atoms. The van der Waals surface area contributed by atoms with Gasteiger partial charge in [-0.15, -0.1) is 11.3 Å². The largest absolute Gasteiger partial charge is 0.348 e. The Bertz CT molecular complexity index is 421. The fourth-order valence-electron chi connectivity index (χ4n) is 2.48. The highest BCUT2D eigenvalue weighted by molar-refractivity contribution is 7.15. The van der Waals surface area contributed by atoms with Gasteiger partial charge in [-0.2, -0.15) is 0 Å². The summed E-state index contributed by atoms with van der Waals surface area (Å²) >= 11 is 1.92. The van der Waals surface area contributed by atoms with Crippen LogP contribution in [-0.2, 0) is 6.54 Å². The molecule has 2 aliphatic rings. The van der Waals surface area contributed by atoms with Crippen molar-refractivity contribution in [2.75, 3.05) is 24.5 Å². The predicted molar refractivity (Wildman–Crippen MR) is 82.1 cm³/mol. The quantitative estimate of drug-likeness (QED) is 0.791. The van der Waals surface area contributed by atoms with E-state index in [0.29, 0.717) is 0 Å². The minimum Gasteiger partial charge on any atom is -0.348 e. The van der Waals surface area contributed by atoms with E-state index < -0.39 is 0 Å². The molecule has 2 fully saturated rings. The van der Waals surface area contributed by atoms with Crippen LogP contribution in [0.3, 0.4) is 0 Å². The van der Waals surface area contributed by atoms with Crippen molar-refractivity contribution in [3.8, 4) is 0 Å². The van der Waals surface area contributed by atoms with E-state index in [1.807, 2.05) is 11.3 Å². The van der Waals surface area contributed by atoms with E-state index in [9.17, 15) is 0 Å². The molecule has 3 rings (SSSR count). The molecule has 1 heterocycles. The van der Waals surface area contributed by atoms with Crippen molar-refractivity contribution in [1.82, 2.24) is 10.3 Å². The van der Waals surface area contributed by atoms with Crippen LogP contribution in [0.1, 0.15) is 56.0 Å². The standard InChI is InChI=1S/C15H25N3S/c1-3-16-9-13-14(12-7-8-12)17-15(19-13)18(4-2)10-11-5-6-11/h11-12,16H,3-10H2,1-2H3. The third-order valence-corrected chi connectivity index (χ3v) is 5.18. The third kappa shape index (κ3) is 3.29. The Balaban J connectivity index is 1.75. The molecule has 19 heavy (non-hydrogen) atoms. The van der Waals surface area contributed by atoms with Gasteiger partial charge in [0.25, 0.3) is 0 Å². The number of nitrogens with one attached hydrogen (secondary N) is 1. The second-order valence-electron chi connectivity index (χ2n) is 5.84. The Morgan fingerprint density at radius 3 is 2.63 bits per heavy atom. The van der Waals surface area contributed by atoms with Gasteiger partial charge in [-0.25, -0.2) is 4.98 Å². The lowest BCUT2D eigenvalue weighted by atomic mass is 10.2. The first-order valence-electron chi connectivity index (χ1n) is 7.77. The van der Waals surface area contributed by atoms with E-state index in [1.54, 1.807) is 0 Å². The lowest BCUT2D eigenvalue weighted by Crippen LogP contribution is -2.24. The van der Waals surface area contributed by atoms with E-state index in [2.05, 4.69) is 24.1 Å². The van der Waals surface area contributed by atoms with Crippen LogP contribution < -0.4 is 10.2 Å². The molecule has 106 valence electrons. The van der Waals surface area contributed by atoms with E-state index in [1.165, 1.54) is 47.9 Å².